The highest BCUT2D eigenvalue weighted by Crippen LogP contribution is 2.37. The molecule has 0 radical (unpaired) electrons. The van der Waals surface area contributed by atoms with Crippen molar-refractivity contribution < 1.29 is 0 Å². The number of thiophene rings is 2. The fraction of sp³-hybridized carbons (Fsp3) is 0.200. The third-order valence-corrected chi connectivity index (χ3v) is 14.1. The van der Waals surface area contributed by atoms with E-state index in [1.165, 1.54) is 75.5 Å². The summed E-state index contributed by atoms with van der Waals surface area (Å²) in [7, 11) is -1.43. The molecule has 6 aromatic rings. The summed E-state index contributed by atoms with van der Waals surface area (Å²) in [4.78, 5) is 1.21. The van der Waals surface area contributed by atoms with Gasteiger partial charge >= 0.3 is 0 Å². The van der Waals surface area contributed by atoms with Crippen LogP contribution in [0.25, 0.3) is 52.5 Å². The number of benzene rings is 4. The highest BCUT2D eigenvalue weighted by Gasteiger charge is 2.24. The smallest absolute Gasteiger partial charge is 0.138 e. The molecule has 0 aliphatic carbocycles. The van der Waals surface area contributed by atoms with Gasteiger partial charge in [-0.05, 0) is 103 Å². The Morgan fingerprint density at radius 3 is 1.94 bits per heavy atom. The van der Waals surface area contributed by atoms with Crippen LogP contribution < -0.4 is 0 Å². The minimum absolute atomic E-state index is 1.21. The summed E-state index contributed by atoms with van der Waals surface area (Å²) in [6.07, 6.45) is 0. The lowest BCUT2D eigenvalue weighted by molar-refractivity contribution is 1.20. The Morgan fingerprint density at radius 1 is 0.636 bits per heavy atom. The molecule has 2 heterocycles. The zero-order chi connectivity index (χ0) is 22.6. The van der Waals surface area contributed by atoms with Crippen LogP contribution in [-0.4, -0.2) is 8.07 Å². The van der Waals surface area contributed by atoms with Gasteiger partial charge in [-0.15, -0.1) is 28.2 Å². The van der Waals surface area contributed by atoms with E-state index in [9.17, 15) is 0 Å². The molecule has 0 fully saturated rings. The van der Waals surface area contributed by atoms with Crippen LogP contribution in [0.3, 0.4) is 0 Å². The molecule has 0 bridgehead atoms. The predicted octanol–water partition coefficient (Wildman–Crippen LogP) is 9.97. The third kappa shape index (κ3) is 3.40. The lowest BCUT2D eigenvalue weighted by Gasteiger charge is -2.19. The molecule has 0 unspecified atom stereocenters. The molecule has 0 spiro atoms. The average Bonchev–Trinajstić information content (AvgIpc) is 3.47. The fourth-order valence-electron chi connectivity index (χ4n) is 5.14. The van der Waals surface area contributed by atoms with E-state index in [4.69, 9.17) is 0 Å². The fourth-order valence-corrected chi connectivity index (χ4v) is 9.41. The van der Waals surface area contributed by atoms with Crippen molar-refractivity contribution in [2.45, 2.75) is 38.9 Å². The van der Waals surface area contributed by atoms with Gasteiger partial charge in [0.1, 0.15) is 8.07 Å². The lowest BCUT2D eigenvalue weighted by atomic mass is 9.96. The second kappa shape index (κ2) is 7.99. The summed E-state index contributed by atoms with van der Waals surface area (Å²) < 4.78 is 2.70. The van der Waals surface area contributed by atoms with Gasteiger partial charge in [0.25, 0.3) is 0 Å². The summed E-state index contributed by atoms with van der Waals surface area (Å²) in [5.74, 6) is 3.59. The molecule has 0 amide bonds. The van der Waals surface area contributed by atoms with Gasteiger partial charge in [0.2, 0.25) is 0 Å². The van der Waals surface area contributed by atoms with E-state index in [2.05, 4.69) is 98.3 Å². The summed E-state index contributed by atoms with van der Waals surface area (Å²) in [6.45, 7) is 6.97. The van der Waals surface area contributed by atoms with Crippen LogP contribution >= 0.6 is 22.7 Å². The third-order valence-electron chi connectivity index (χ3n) is 7.52. The van der Waals surface area contributed by atoms with Gasteiger partial charge in [-0.1, -0.05) is 51.0 Å². The zero-order valence-electron chi connectivity index (χ0n) is 19.3. The number of fused-ring (bicyclic) bond motifs is 7. The molecule has 0 atom stereocenters. The Labute approximate surface area is 203 Å². The topological polar surface area (TPSA) is 0 Å². The standard InChI is InChI=1S/C30H26S2Si/c1-4-33(5-2,6-3)14-12-24-17-23-16-21-8-10-25-26(28(21)19-30(23)32-24)9-7-20-15-22-11-13-31-29(22)18-27(20)25/h7-11,13,15-19H,4-6H2,1-3H3. The largest absolute Gasteiger partial charge is 0.144 e. The van der Waals surface area contributed by atoms with Crippen molar-refractivity contribution in [3.05, 3.63) is 70.9 Å². The van der Waals surface area contributed by atoms with E-state index >= 15 is 0 Å². The first-order valence-electron chi connectivity index (χ1n) is 11.9. The van der Waals surface area contributed by atoms with Crippen LogP contribution in [0.4, 0.5) is 0 Å². The Bertz CT molecular complexity index is 1730. The summed E-state index contributed by atoms with van der Waals surface area (Å²) in [6, 6.07) is 26.9. The molecule has 0 saturated heterocycles. The SMILES string of the molecule is CC[Si](C#Cc1cc2cc3ccc4c5cc6sccc6cc5ccc4c3cc2s1)(CC)CC. The van der Waals surface area contributed by atoms with E-state index in [0.29, 0.717) is 0 Å². The Kier molecular flexibility index (Phi) is 5.07. The maximum atomic E-state index is 3.76. The van der Waals surface area contributed by atoms with Crippen LogP contribution in [0.5, 0.6) is 0 Å². The Morgan fingerprint density at radius 2 is 1.27 bits per heavy atom. The molecule has 6 rings (SSSR count). The van der Waals surface area contributed by atoms with Gasteiger partial charge < -0.3 is 0 Å². The van der Waals surface area contributed by atoms with Crippen LogP contribution in [-0.2, 0) is 0 Å². The highest BCUT2D eigenvalue weighted by atomic mass is 32.1. The molecule has 33 heavy (non-hydrogen) atoms. The maximum Gasteiger partial charge on any atom is 0.138 e. The van der Waals surface area contributed by atoms with E-state index in [0.717, 1.165) is 0 Å². The Hall–Kier alpha value is -2.64. The quantitative estimate of drug-likeness (QED) is 0.135. The zero-order valence-corrected chi connectivity index (χ0v) is 21.9. The molecule has 0 aliphatic heterocycles. The first-order chi connectivity index (χ1) is 16.1. The predicted molar refractivity (Wildman–Crippen MR) is 154 cm³/mol. The molecule has 162 valence electrons. The molecule has 0 N–H and O–H groups in total. The highest BCUT2D eigenvalue weighted by molar-refractivity contribution is 7.19. The first kappa shape index (κ1) is 20.9. The van der Waals surface area contributed by atoms with E-state index in [1.54, 1.807) is 0 Å². The van der Waals surface area contributed by atoms with Gasteiger partial charge in [-0.25, -0.2) is 0 Å². The van der Waals surface area contributed by atoms with Crippen LogP contribution in [0.15, 0.2) is 66.0 Å². The van der Waals surface area contributed by atoms with Crippen LogP contribution in [0, 0.1) is 11.5 Å². The van der Waals surface area contributed by atoms with Crippen molar-refractivity contribution in [2.24, 2.45) is 0 Å². The minimum Gasteiger partial charge on any atom is -0.144 e. The van der Waals surface area contributed by atoms with Crippen molar-refractivity contribution >= 4 is 83.2 Å². The Balaban J connectivity index is 1.54. The van der Waals surface area contributed by atoms with E-state index in [-0.39, 0.29) is 0 Å². The summed E-state index contributed by atoms with van der Waals surface area (Å²) in [5, 5.41) is 12.8. The lowest BCUT2D eigenvalue weighted by Crippen LogP contribution is -2.29. The van der Waals surface area contributed by atoms with E-state index < -0.39 is 8.07 Å². The first-order valence-corrected chi connectivity index (χ1v) is 16.2. The molecular weight excluding hydrogens is 453 g/mol. The van der Waals surface area contributed by atoms with Crippen LogP contribution in [0.2, 0.25) is 18.1 Å². The van der Waals surface area contributed by atoms with Crippen molar-refractivity contribution in [1.29, 1.82) is 0 Å². The molecule has 2 aromatic heterocycles. The normalized spacial score (nSPS) is 12.2. The summed E-state index contributed by atoms with van der Waals surface area (Å²) in [5.41, 5.74) is 3.76. The molecule has 0 saturated carbocycles. The van der Waals surface area contributed by atoms with E-state index in [1.807, 2.05) is 22.7 Å². The van der Waals surface area contributed by atoms with Crippen molar-refractivity contribution in [3.8, 4) is 11.5 Å². The molecule has 3 heteroatoms. The number of hydrogen-bond donors (Lipinski definition) is 0. The number of hydrogen-bond acceptors (Lipinski definition) is 2. The number of rotatable bonds is 3. The van der Waals surface area contributed by atoms with Gasteiger partial charge in [0, 0.05) is 9.40 Å². The van der Waals surface area contributed by atoms with Crippen molar-refractivity contribution in [1.82, 2.24) is 0 Å². The molecule has 0 aliphatic rings. The van der Waals surface area contributed by atoms with Crippen LogP contribution in [0.1, 0.15) is 25.6 Å². The maximum absolute atomic E-state index is 3.76. The second-order valence-corrected chi connectivity index (χ2v) is 16.0. The molecule has 0 nitrogen and oxygen atoms in total. The second-order valence-electron chi connectivity index (χ2n) is 9.07. The monoisotopic (exact) mass is 478 g/mol. The molecular formula is C30H26S2Si. The summed E-state index contributed by atoms with van der Waals surface area (Å²) >= 11 is 3.67. The van der Waals surface area contributed by atoms with Gasteiger partial charge in [-0.3, -0.25) is 0 Å². The van der Waals surface area contributed by atoms with Gasteiger partial charge in [-0.2, -0.15) is 0 Å². The molecule has 4 aromatic carbocycles. The van der Waals surface area contributed by atoms with Crippen molar-refractivity contribution in [2.75, 3.05) is 0 Å². The van der Waals surface area contributed by atoms with Gasteiger partial charge in [0.05, 0.1) is 4.88 Å². The van der Waals surface area contributed by atoms with Crippen molar-refractivity contribution in [3.63, 3.8) is 0 Å². The minimum atomic E-state index is -1.43. The average molecular weight is 479 g/mol. The van der Waals surface area contributed by atoms with Gasteiger partial charge in [0.15, 0.2) is 0 Å².